The van der Waals surface area contributed by atoms with E-state index in [9.17, 15) is 22.4 Å². The molecule has 0 aliphatic rings. The molecule has 152 valence electrons. The Morgan fingerprint density at radius 1 is 1.15 bits per heavy atom. The van der Waals surface area contributed by atoms with E-state index >= 15 is 0 Å². The molecule has 9 heteroatoms. The van der Waals surface area contributed by atoms with Crippen molar-refractivity contribution >= 4 is 21.9 Å². The van der Waals surface area contributed by atoms with Gasteiger partial charge < -0.3 is 10.1 Å². The molecule has 1 amide bonds. The maximum Gasteiger partial charge on any atom is 0.341 e. The molecule has 0 saturated heterocycles. The van der Waals surface area contributed by atoms with E-state index in [0.29, 0.717) is 6.54 Å². The molecule has 0 spiro atoms. The van der Waals surface area contributed by atoms with E-state index in [2.05, 4.69) is 5.32 Å². The monoisotopic (exact) mass is 402 g/mol. The van der Waals surface area contributed by atoms with Gasteiger partial charge in [0.25, 0.3) is 5.91 Å². The lowest BCUT2D eigenvalue weighted by Crippen LogP contribution is -2.31. The Bertz CT molecular complexity index is 748. The van der Waals surface area contributed by atoms with Gasteiger partial charge in [0, 0.05) is 19.6 Å². The number of carbonyl (C=O) groups is 2. The van der Waals surface area contributed by atoms with Crippen LogP contribution in [0.1, 0.15) is 50.4 Å². The van der Waals surface area contributed by atoms with Crippen molar-refractivity contribution in [3.63, 3.8) is 0 Å². The molecule has 1 aromatic rings. The molecule has 27 heavy (non-hydrogen) atoms. The second-order valence-electron chi connectivity index (χ2n) is 5.86. The summed E-state index contributed by atoms with van der Waals surface area (Å²) in [4.78, 5) is 23.5. The van der Waals surface area contributed by atoms with Crippen LogP contribution in [0.5, 0.6) is 0 Å². The summed E-state index contributed by atoms with van der Waals surface area (Å²) in [6.45, 7) is 5.79. The Hall–Kier alpha value is -2.00. The number of nitrogens with zero attached hydrogens (tertiary/aromatic N) is 1. The Labute approximate surface area is 159 Å². The molecule has 0 radical (unpaired) electrons. The quantitative estimate of drug-likeness (QED) is 0.453. The molecular formula is C18H27FN2O5S. The first-order chi connectivity index (χ1) is 12.8. The fourth-order valence-corrected chi connectivity index (χ4v) is 3.88. The number of hydrogen-bond donors (Lipinski definition) is 1. The Kier molecular flexibility index (Phi) is 9.37. The summed E-state index contributed by atoms with van der Waals surface area (Å²) < 4.78 is 45.0. The first-order valence-corrected chi connectivity index (χ1v) is 10.4. The van der Waals surface area contributed by atoms with Gasteiger partial charge in [-0.3, -0.25) is 4.79 Å². The molecule has 0 aliphatic heterocycles. The minimum absolute atomic E-state index is 0.205. The highest BCUT2D eigenvalue weighted by molar-refractivity contribution is 7.89. The number of benzene rings is 1. The number of carbonyl (C=O) groups excluding carboxylic acids is 2. The van der Waals surface area contributed by atoms with Gasteiger partial charge in [0.1, 0.15) is 5.82 Å². The van der Waals surface area contributed by atoms with E-state index in [0.717, 1.165) is 37.5 Å². The number of unbranched alkanes of at least 4 members (excludes halogenated alkanes) is 2. The second kappa shape index (κ2) is 11.0. The summed E-state index contributed by atoms with van der Waals surface area (Å²) in [5.74, 6) is -2.50. The fraction of sp³-hybridized carbons (Fsp3) is 0.556. The molecule has 1 rings (SSSR count). The maximum absolute atomic E-state index is 14.0. The van der Waals surface area contributed by atoms with E-state index in [4.69, 9.17) is 4.74 Å². The van der Waals surface area contributed by atoms with Gasteiger partial charge in [-0.2, -0.15) is 4.31 Å². The number of ether oxygens (including phenoxy) is 1. The molecule has 0 aromatic heterocycles. The maximum atomic E-state index is 14.0. The van der Waals surface area contributed by atoms with Crippen molar-refractivity contribution in [2.45, 2.75) is 44.9 Å². The minimum Gasteiger partial charge on any atom is -0.452 e. The van der Waals surface area contributed by atoms with Crippen molar-refractivity contribution in [1.29, 1.82) is 0 Å². The van der Waals surface area contributed by atoms with Gasteiger partial charge in [-0.25, -0.2) is 17.6 Å². The summed E-state index contributed by atoms with van der Waals surface area (Å²) in [7, 11) is -3.84. The number of halogens is 1. The zero-order valence-electron chi connectivity index (χ0n) is 16.0. The minimum atomic E-state index is -3.84. The zero-order valence-corrected chi connectivity index (χ0v) is 16.8. The Balaban J connectivity index is 2.82. The molecule has 0 aliphatic carbocycles. The van der Waals surface area contributed by atoms with Crippen LogP contribution in [0.25, 0.3) is 0 Å². The lowest BCUT2D eigenvalue weighted by Gasteiger charge is -2.18. The van der Waals surface area contributed by atoms with Gasteiger partial charge >= 0.3 is 5.97 Å². The van der Waals surface area contributed by atoms with E-state index in [1.807, 2.05) is 6.92 Å². The highest BCUT2D eigenvalue weighted by atomic mass is 32.2. The van der Waals surface area contributed by atoms with E-state index < -0.39 is 39.9 Å². The van der Waals surface area contributed by atoms with Crippen molar-refractivity contribution in [3.05, 3.63) is 29.6 Å². The molecule has 0 fully saturated rings. The van der Waals surface area contributed by atoms with E-state index in [1.165, 1.54) is 4.31 Å². The van der Waals surface area contributed by atoms with Crippen LogP contribution < -0.4 is 5.32 Å². The van der Waals surface area contributed by atoms with Crippen LogP contribution >= 0.6 is 0 Å². The zero-order chi connectivity index (χ0) is 20.4. The van der Waals surface area contributed by atoms with Crippen molar-refractivity contribution in [2.75, 3.05) is 26.2 Å². The summed E-state index contributed by atoms with van der Waals surface area (Å²) in [6, 6.07) is 2.93. The van der Waals surface area contributed by atoms with Crippen LogP contribution in [0.4, 0.5) is 4.39 Å². The van der Waals surface area contributed by atoms with Crippen LogP contribution in [0.15, 0.2) is 23.1 Å². The number of esters is 1. The van der Waals surface area contributed by atoms with Crippen LogP contribution in [0, 0.1) is 5.82 Å². The molecular weight excluding hydrogens is 375 g/mol. The lowest BCUT2D eigenvalue weighted by molar-refractivity contribution is -0.124. The average molecular weight is 402 g/mol. The summed E-state index contributed by atoms with van der Waals surface area (Å²) in [5, 5.41) is 2.59. The Morgan fingerprint density at radius 3 is 2.41 bits per heavy atom. The average Bonchev–Trinajstić information content (AvgIpc) is 2.64. The van der Waals surface area contributed by atoms with Crippen molar-refractivity contribution in [2.24, 2.45) is 0 Å². The first-order valence-electron chi connectivity index (χ1n) is 9.01. The SMILES string of the molecule is CCCCCNC(=O)COC(=O)c1cc(S(=O)(=O)N(CC)CC)ccc1F. The smallest absolute Gasteiger partial charge is 0.341 e. The number of sulfonamides is 1. The first kappa shape index (κ1) is 23.0. The van der Waals surface area contributed by atoms with Crippen LogP contribution in [-0.2, 0) is 19.6 Å². The number of rotatable bonds is 11. The summed E-state index contributed by atoms with van der Waals surface area (Å²) >= 11 is 0. The number of nitrogens with one attached hydrogen (secondary N) is 1. The van der Waals surface area contributed by atoms with Crippen molar-refractivity contribution in [3.8, 4) is 0 Å². The molecule has 1 N–H and O–H groups in total. The lowest BCUT2D eigenvalue weighted by atomic mass is 10.2. The van der Waals surface area contributed by atoms with Crippen molar-refractivity contribution < 1.29 is 27.1 Å². The standard InChI is InChI=1S/C18H27FN2O5S/c1-4-7-8-11-20-17(22)13-26-18(23)15-12-14(9-10-16(15)19)27(24,25)21(5-2)6-3/h9-10,12H,4-8,11,13H2,1-3H3,(H,20,22). The molecule has 0 atom stereocenters. The molecule has 7 nitrogen and oxygen atoms in total. The van der Waals surface area contributed by atoms with Gasteiger partial charge in [0.05, 0.1) is 10.5 Å². The van der Waals surface area contributed by atoms with Crippen LogP contribution in [0.2, 0.25) is 0 Å². The molecule has 0 bridgehead atoms. The third-order valence-corrected chi connectivity index (χ3v) is 5.98. The largest absolute Gasteiger partial charge is 0.452 e. The van der Waals surface area contributed by atoms with Crippen molar-refractivity contribution in [1.82, 2.24) is 9.62 Å². The predicted octanol–water partition coefficient (Wildman–Crippen LogP) is 2.32. The van der Waals surface area contributed by atoms with Gasteiger partial charge in [0.15, 0.2) is 6.61 Å². The normalized spacial score (nSPS) is 11.4. The van der Waals surface area contributed by atoms with Crippen LogP contribution in [-0.4, -0.2) is 50.8 Å². The van der Waals surface area contributed by atoms with E-state index in [1.54, 1.807) is 13.8 Å². The van der Waals surface area contributed by atoms with Crippen LogP contribution in [0.3, 0.4) is 0 Å². The number of hydrogen-bond acceptors (Lipinski definition) is 5. The molecule has 0 saturated carbocycles. The van der Waals surface area contributed by atoms with Gasteiger partial charge in [-0.15, -0.1) is 0 Å². The fourth-order valence-electron chi connectivity index (χ4n) is 2.40. The van der Waals surface area contributed by atoms with Gasteiger partial charge in [-0.1, -0.05) is 33.6 Å². The van der Waals surface area contributed by atoms with E-state index in [-0.39, 0.29) is 18.0 Å². The summed E-state index contributed by atoms with van der Waals surface area (Å²) in [6.07, 6.45) is 2.80. The topological polar surface area (TPSA) is 92.8 Å². The predicted molar refractivity (Wildman–Crippen MR) is 99.3 cm³/mol. The molecule has 1 aromatic carbocycles. The second-order valence-corrected chi connectivity index (χ2v) is 7.80. The third-order valence-electron chi connectivity index (χ3n) is 3.94. The number of amides is 1. The highest BCUT2D eigenvalue weighted by Crippen LogP contribution is 2.19. The third kappa shape index (κ3) is 6.59. The molecule has 0 heterocycles. The highest BCUT2D eigenvalue weighted by Gasteiger charge is 2.25. The summed E-state index contributed by atoms with van der Waals surface area (Å²) in [5.41, 5.74) is -0.526. The van der Waals surface area contributed by atoms with Gasteiger partial charge in [-0.05, 0) is 24.6 Å². The molecule has 0 unspecified atom stereocenters. The van der Waals surface area contributed by atoms with Gasteiger partial charge in [0.2, 0.25) is 10.0 Å². The Morgan fingerprint density at radius 2 is 1.81 bits per heavy atom.